The highest BCUT2D eigenvalue weighted by atomic mass is 32.2. The summed E-state index contributed by atoms with van der Waals surface area (Å²) >= 11 is 3.20. The van der Waals surface area contributed by atoms with E-state index in [0.717, 1.165) is 44.5 Å². The van der Waals surface area contributed by atoms with Crippen LogP contribution < -0.4 is 5.32 Å². The average molecular weight is 321 g/mol. The Bertz CT molecular complexity index is 636. The molecule has 0 bridgehead atoms. The van der Waals surface area contributed by atoms with E-state index in [-0.39, 0.29) is 0 Å². The van der Waals surface area contributed by atoms with E-state index in [0.29, 0.717) is 5.92 Å². The number of aromatic nitrogens is 4. The Morgan fingerprint density at radius 2 is 2.05 bits per heavy atom. The molecular weight excluding hydrogens is 302 g/mol. The summed E-state index contributed by atoms with van der Waals surface area (Å²) in [6.45, 7) is 7.14. The first-order valence-electron chi connectivity index (χ1n) is 7.27. The summed E-state index contributed by atoms with van der Waals surface area (Å²) in [5.74, 6) is 2.49. The summed E-state index contributed by atoms with van der Waals surface area (Å²) in [6.07, 6.45) is 3.50. The Kier molecular flexibility index (Phi) is 4.40. The van der Waals surface area contributed by atoms with E-state index in [1.807, 2.05) is 6.92 Å². The summed E-state index contributed by atoms with van der Waals surface area (Å²) in [5.41, 5.74) is 1.10. The van der Waals surface area contributed by atoms with Crippen LogP contribution >= 0.6 is 23.1 Å². The van der Waals surface area contributed by atoms with Gasteiger partial charge in [0.05, 0.1) is 0 Å². The first-order valence-corrected chi connectivity index (χ1v) is 8.91. The fourth-order valence-corrected chi connectivity index (χ4v) is 3.77. The topological polar surface area (TPSA) is 63.6 Å². The molecule has 5 nitrogen and oxygen atoms in total. The molecule has 2 aromatic heterocycles. The summed E-state index contributed by atoms with van der Waals surface area (Å²) in [4.78, 5) is 9.47. The van der Waals surface area contributed by atoms with E-state index in [2.05, 4.69) is 29.4 Å². The van der Waals surface area contributed by atoms with Crippen molar-refractivity contribution in [2.45, 2.75) is 55.3 Å². The number of hydrogen-bond donors (Lipinski definition) is 1. The lowest BCUT2D eigenvalue weighted by Gasteiger charge is -2.12. The fraction of sp³-hybridized carbons (Fsp3) is 0.571. The van der Waals surface area contributed by atoms with Gasteiger partial charge in [0.25, 0.3) is 0 Å². The molecule has 0 amide bonds. The van der Waals surface area contributed by atoms with Crippen molar-refractivity contribution in [1.29, 1.82) is 0 Å². The fourth-order valence-electron chi connectivity index (χ4n) is 1.95. The van der Waals surface area contributed by atoms with Gasteiger partial charge in [-0.15, -0.1) is 10.2 Å². The van der Waals surface area contributed by atoms with Gasteiger partial charge in [-0.3, -0.25) is 0 Å². The maximum Gasteiger partial charge on any atom is 0.180 e. The molecule has 1 fully saturated rings. The van der Waals surface area contributed by atoms with Gasteiger partial charge >= 0.3 is 0 Å². The number of anilines is 1. The van der Waals surface area contributed by atoms with Crippen LogP contribution in [0.5, 0.6) is 0 Å². The van der Waals surface area contributed by atoms with Crippen molar-refractivity contribution in [1.82, 2.24) is 20.2 Å². The van der Waals surface area contributed by atoms with Gasteiger partial charge < -0.3 is 5.32 Å². The first kappa shape index (κ1) is 14.7. The molecule has 2 aromatic rings. The van der Waals surface area contributed by atoms with Crippen LogP contribution in [-0.2, 0) is 0 Å². The van der Waals surface area contributed by atoms with Crippen LogP contribution in [0.2, 0.25) is 0 Å². The average Bonchev–Trinajstić information content (AvgIpc) is 3.23. The van der Waals surface area contributed by atoms with E-state index in [9.17, 15) is 0 Å². The summed E-state index contributed by atoms with van der Waals surface area (Å²) < 4.78 is 0.942. The molecule has 1 aliphatic carbocycles. The second-order valence-corrected chi connectivity index (χ2v) is 7.67. The first-order chi connectivity index (χ1) is 10.2. The number of rotatable bonds is 6. The minimum atomic E-state index is 0.545. The Morgan fingerprint density at radius 3 is 2.67 bits per heavy atom. The Hall–Kier alpha value is -1.21. The van der Waals surface area contributed by atoms with Crippen LogP contribution in [0, 0.1) is 13.8 Å². The van der Waals surface area contributed by atoms with Crippen molar-refractivity contribution in [2.24, 2.45) is 0 Å². The zero-order valence-corrected chi connectivity index (χ0v) is 14.1. The van der Waals surface area contributed by atoms with Crippen LogP contribution in [0.25, 0.3) is 0 Å². The van der Waals surface area contributed by atoms with Gasteiger partial charge in [-0.2, -0.15) is 0 Å². The van der Waals surface area contributed by atoms with Gasteiger partial charge in [-0.05, 0) is 44.9 Å². The molecule has 112 valence electrons. The predicted octanol–water partition coefficient (Wildman–Crippen LogP) is 3.80. The number of nitrogens with zero attached hydrogens (tertiary/aromatic N) is 4. The van der Waals surface area contributed by atoms with Crippen LogP contribution in [0.3, 0.4) is 0 Å². The van der Waals surface area contributed by atoms with E-state index < -0.39 is 0 Å². The minimum Gasteiger partial charge on any atom is -0.370 e. The summed E-state index contributed by atoms with van der Waals surface area (Å²) in [7, 11) is 0. The van der Waals surface area contributed by atoms with Gasteiger partial charge in [-0.1, -0.05) is 18.3 Å². The van der Waals surface area contributed by atoms with E-state index in [1.54, 1.807) is 23.1 Å². The smallest absolute Gasteiger partial charge is 0.180 e. The van der Waals surface area contributed by atoms with Crippen molar-refractivity contribution in [3.8, 4) is 0 Å². The second-order valence-electron chi connectivity index (χ2n) is 5.25. The molecule has 3 rings (SSSR count). The molecule has 7 heteroatoms. The predicted molar refractivity (Wildman–Crippen MR) is 86.3 cm³/mol. The van der Waals surface area contributed by atoms with E-state index in [4.69, 9.17) is 9.97 Å². The third-order valence-corrected chi connectivity index (χ3v) is 5.28. The lowest BCUT2D eigenvalue weighted by Crippen LogP contribution is -2.08. The molecule has 2 heterocycles. The second kappa shape index (κ2) is 6.27. The third kappa shape index (κ3) is 3.52. The molecule has 0 saturated heterocycles. The molecule has 0 radical (unpaired) electrons. The Balaban J connectivity index is 1.91. The van der Waals surface area contributed by atoms with Gasteiger partial charge in [-0.25, -0.2) is 9.97 Å². The van der Waals surface area contributed by atoms with E-state index in [1.165, 1.54) is 12.8 Å². The number of aryl methyl sites for hydroxylation is 1. The Labute approximate surface area is 133 Å². The molecule has 0 aliphatic heterocycles. The maximum absolute atomic E-state index is 4.76. The van der Waals surface area contributed by atoms with Crippen molar-refractivity contribution < 1.29 is 0 Å². The normalized spacial score (nSPS) is 14.4. The van der Waals surface area contributed by atoms with Gasteiger partial charge in [0.15, 0.2) is 4.34 Å². The standard InChI is InChI=1S/C14H19N5S2/c1-4-7-15-11-8(2)13(17-12(16-11)10-5-6-10)21-14-19-18-9(3)20-14/h10H,4-7H2,1-3H3,(H,15,16,17). The van der Waals surface area contributed by atoms with Crippen molar-refractivity contribution >= 4 is 28.9 Å². The lowest BCUT2D eigenvalue weighted by atomic mass is 10.3. The zero-order chi connectivity index (χ0) is 14.8. The molecule has 0 aromatic carbocycles. The highest BCUT2D eigenvalue weighted by molar-refractivity contribution is 8.01. The van der Waals surface area contributed by atoms with Crippen molar-refractivity contribution in [2.75, 3.05) is 11.9 Å². The molecule has 0 spiro atoms. The Morgan fingerprint density at radius 1 is 1.24 bits per heavy atom. The number of nitrogens with one attached hydrogen (secondary N) is 1. The SMILES string of the molecule is CCCNc1nc(C2CC2)nc(Sc2nnc(C)s2)c1C. The zero-order valence-electron chi connectivity index (χ0n) is 12.5. The molecule has 0 unspecified atom stereocenters. The van der Waals surface area contributed by atoms with Crippen LogP contribution in [0.1, 0.15) is 48.5 Å². The van der Waals surface area contributed by atoms with Gasteiger partial charge in [0, 0.05) is 18.0 Å². The maximum atomic E-state index is 4.76. The molecule has 1 aliphatic rings. The molecular formula is C14H19N5S2. The highest BCUT2D eigenvalue weighted by Crippen LogP contribution is 2.41. The van der Waals surface area contributed by atoms with Gasteiger partial charge in [0.1, 0.15) is 21.7 Å². The highest BCUT2D eigenvalue weighted by Gasteiger charge is 2.28. The molecule has 0 atom stereocenters. The van der Waals surface area contributed by atoms with Crippen molar-refractivity contribution in [3.05, 3.63) is 16.4 Å². The molecule has 1 saturated carbocycles. The third-order valence-electron chi connectivity index (χ3n) is 3.29. The minimum absolute atomic E-state index is 0.545. The molecule has 1 N–H and O–H groups in total. The van der Waals surface area contributed by atoms with Gasteiger partial charge in [0.2, 0.25) is 0 Å². The van der Waals surface area contributed by atoms with Crippen molar-refractivity contribution in [3.63, 3.8) is 0 Å². The summed E-state index contributed by atoms with van der Waals surface area (Å²) in [6, 6.07) is 0. The van der Waals surface area contributed by atoms with Crippen LogP contribution in [-0.4, -0.2) is 26.7 Å². The van der Waals surface area contributed by atoms with E-state index >= 15 is 0 Å². The quantitative estimate of drug-likeness (QED) is 0.817. The number of hydrogen-bond acceptors (Lipinski definition) is 7. The van der Waals surface area contributed by atoms with Crippen LogP contribution in [0.15, 0.2) is 9.37 Å². The van der Waals surface area contributed by atoms with Crippen LogP contribution in [0.4, 0.5) is 5.82 Å². The lowest BCUT2D eigenvalue weighted by molar-refractivity contribution is 0.852. The monoisotopic (exact) mass is 321 g/mol. The molecule has 21 heavy (non-hydrogen) atoms. The summed E-state index contributed by atoms with van der Waals surface area (Å²) in [5, 5.41) is 13.7. The largest absolute Gasteiger partial charge is 0.370 e.